The van der Waals surface area contributed by atoms with Crippen molar-refractivity contribution in [2.45, 2.75) is 58.9 Å². The zero-order valence-corrected chi connectivity index (χ0v) is 13.0. The van der Waals surface area contributed by atoms with Gasteiger partial charge in [-0.05, 0) is 48.8 Å². The van der Waals surface area contributed by atoms with Crippen LogP contribution >= 0.6 is 0 Å². The highest BCUT2D eigenvalue weighted by atomic mass is 14.9. The van der Waals surface area contributed by atoms with E-state index in [9.17, 15) is 0 Å². The topological polar surface area (TPSA) is 12.0 Å². The first kappa shape index (κ1) is 14.6. The van der Waals surface area contributed by atoms with Crippen LogP contribution in [0.2, 0.25) is 0 Å². The van der Waals surface area contributed by atoms with Crippen LogP contribution in [0.4, 0.5) is 0 Å². The number of hydrogen-bond acceptors (Lipinski definition) is 1. The molecule has 1 heteroatoms. The molecule has 0 aromatic heterocycles. The minimum Gasteiger partial charge on any atom is -0.313 e. The maximum atomic E-state index is 3.59. The molecule has 106 valence electrons. The van der Waals surface area contributed by atoms with Crippen molar-refractivity contribution in [2.75, 3.05) is 7.05 Å². The van der Waals surface area contributed by atoms with Gasteiger partial charge in [-0.15, -0.1) is 0 Å². The number of aryl methyl sites for hydroxylation is 1. The predicted octanol–water partition coefficient (Wildman–Crippen LogP) is 4.73. The van der Waals surface area contributed by atoms with Crippen LogP contribution in [-0.2, 0) is 6.42 Å². The van der Waals surface area contributed by atoms with Gasteiger partial charge in [0.2, 0.25) is 0 Å². The molecule has 1 aliphatic carbocycles. The zero-order chi connectivity index (χ0) is 13.9. The number of hydrogen-bond donors (Lipinski definition) is 1. The number of benzene rings is 1. The Balaban J connectivity index is 2.27. The molecule has 2 unspecified atom stereocenters. The number of nitrogens with one attached hydrogen (secondary N) is 1. The quantitative estimate of drug-likeness (QED) is 0.824. The standard InChI is InChI=1S/C18H29N/c1-5-14-9-8-10-15(13-14)17(19-4)16-11-6-7-12-18(16,2)3/h8-10,13,16-17,19H,5-7,11-12H2,1-4H3. The predicted molar refractivity (Wildman–Crippen MR) is 83.4 cm³/mol. The van der Waals surface area contributed by atoms with Crippen LogP contribution in [-0.4, -0.2) is 7.05 Å². The van der Waals surface area contributed by atoms with E-state index in [0.717, 1.165) is 12.3 Å². The van der Waals surface area contributed by atoms with Gasteiger partial charge in [0.1, 0.15) is 0 Å². The van der Waals surface area contributed by atoms with Crippen LogP contribution in [0, 0.1) is 11.3 Å². The van der Waals surface area contributed by atoms with Crippen molar-refractivity contribution < 1.29 is 0 Å². The highest BCUT2D eigenvalue weighted by Gasteiger charge is 2.37. The van der Waals surface area contributed by atoms with Gasteiger partial charge in [-0.1, -0.05) is 57.9 Å². The van der Waals surface area contributed by atoms with Gasteiger partial charge in [0.25, 0.3) is 0 Å². The van der Waals surface area contributed by atoms with Crippen LogP contribution in [0.1, 0.15) is 63.6 Å². The van der Waals surface area contributed by atoms with Gasteiger partial charge in [0.05, 0.1) is 0 Å². The second-order valence-corrected chi connectivity index (χ2v) is 6.71. The summed E-state index contributed by atoms with van der Waals surface area (Å²) in [6.07, 6.45) is 6.63. The van der Waals surface area contributed by atoms with Crippen LogP contribution in [0.5, 0.6) is 0 Å². The lowest BCUT2D eigenvalue weighted by Crippen LogP contribution is -2.37. The lowest BCUT2D eigenvalue weighted by Gasteiger charge is -2.43. The summed E-state index contributed by atoms with van der Waals surface area (Å²) in [6, 6.07) is 9.65. The van der Waals surface area contributed by atoms with E-state index in [1.807, 2.05) is 0 Å². The molecular formula is C18H29N. The van der Waals surface area contributed by atoms with Crippen molar-refractivity contribution in [2.24, 2.45) is 11.3 Å². The summed E-state index contributed by atoms with van der Waals surface area (Å²) in [4.78, 5) is 0. The van der Waals surface area contributed by atoms with Gasteiger partial charge >= 0.3 is 0 Å². The summed E-state index contributed by atoms with van der Waals surface area (Å²) >= 11 is 0. The Morgan fingerprint density at radius 2 is 2.11 bits per heavy atom. The smallest absolute Gasteiger partial charge is 0.0351 e. The second kappa shape index (κ2) is 6.09. The summed E-state index contributed by atoms with van der Waals surface area (Å²) in [5.41, 5.74) is 3.38. The fourth-order valence-electron chi connectivity index (χ4n) is 3.75. The molecule has 1 aromatic carbocycles. The van der Waals surface area contributed by atoms with Gasteiger partial charge in [-0.25, -0.2) is 0 Å². The van der Waals surface area contributed by atoms with E-state index in [4.69, 9.17) is 0 Å². The van der Waals surface area contributed by atoms with E-state index in [1.165, 1.54) is 36.8 Å². The second-order valence-electron chi connectivity index (χ2n) is 6.71. The van der Waals surface area contributed by atoms with Crippen LogP contribution in [0.3, 0.4) is 0 Å². The van der Waals surface area contributed by atoms with E-state index in [-0.39, 0.29) is 0 Å². The van der Waals surface area contributed by atoms with Crippen molar-refractivity contribution in [1.82, 2.24) is 5.32 Å². The first-order chi connectivity index (χ1) is 9.08. The summed E-state index contributed by atoms with van der Waals surface area (Å²) in [7, 11) is 2.12. The fourth-order valence-corrected chi connectivity index (χ4v) is 3.75. The van der Waals surface area contributed by atoms with Crippen LogP contribution < -0.4 is 5.32 Å². The molecule has 0 saturated heterocycles. The fraction of sp³-hybridized carbons (Fsp3) is 0.667. The van der Waals surface area contributed by atoms with E-state index in [2.05, 4.69) is 57.4 Å². The van der Waals surface area contributed by atoms with Crippen LogP contribution in [0.25, 0.3) is 0 Å². The molecule has 2 atom stereocenters. The molecule has 2 rings (SSSR count). The summed E-state index contributed by atoms with van der Waals surface area (Å²) < 4.78 is 0. The number of rotatable bonds is 4. The third kappa shape index (κ3) is 3.20. The summed E-state index contributed by atoms with van der Waals surface area (Å²) in [5.74, 6) is 0.748. The molecule has 19 heavy (non-hydrogen) atoms. The monoisotopic (exact) mass is 259 g/mol. The van der Waals surface area contributed by atoms with Crippen molar-refractivity contribution in [3.05, 3.63) is 35.4 Å². The molecule has 0 amide bonds. The third-order valence-corrected chi connectivity index (χ3v) is 5.02. The van der Waals surface area contributed by atoms with E-state index in [1.54, 1.807) is 0 Å². The Hall–Kier alpha value is -0.820. The maximum Gasteiger partial charge on any atom is 0.0351 e. The van der Waals surface area contributed by atoms with E-state index >= 15 is 0 Å². The van der Waals surface area contributed by atoms with Crippen molar-refractivity contribution in [3.63, 3.8) is 0 Å². The molecule has 1 nitrogen and oxygen atoms in total. The molecule has 0 bridgehead atoms. The van der Waals surface area contributed by atoms with Gasteiger partial charge in [0.15, 0.2) is 0 Å². The molecule has 1 saturated carbocycles. The lowest BCUT2D eigenvalue weighted by atomic mass is 9.65. The van der Waals surface area contributed by atoms with Crippen LogP contribution in [0.15, 0.2) is 24.3 Å². The Bertz CT molecular complexity index is 408. The highest BCUT2D eigenvalue weighted by molar-refractivity contribution is 5.27. The molecule has 1 fully saturated rings. The van der Waals surface area contributed by atoms with Gasteiger partial charge < -0.3 is 5.32 Å². The average Bonchev–Trinajstić information content (AvgIpc) is 2.41. The molecule has 0 heterocycles. The molecule has 0 spiro atoms. The minimum atomic E-state index is 0.453. The SMILES string of the molecule is CCc1cccc(C(NC)C2CCCCC2(C)C)c1. The Kier molecular flexibility index (Phi) is 4.67. The maximum absolute atomic E-state index is 3.59. The zero-order valence-electron chi connectivity index (χ0n) is 13.0. The van der Waals surface area contributed by atoms with Gasteiger partial charge in [-0.2, -0.15) is 0 Å². The third-order valence-electron chi connectivity index (χ3n) is 5.02. The van der Waals surface area contributed by atoms with E-state index < -0.39 is 0 Å². The van der Waals surface area contributed by atoms with E-state index in [0.29, 0.717) is 11.5 Å². The average molecular weight is 259 g/mol. The van der Waals surface area contributed by atoms with Crippen molar-refractivity contribution in [3.8, 4) is 0 Å². The Labute approximate surface area is 118 Å². The Morgan fingerprint density at radius 1 is 1.32 bits per heavy atom. The molecular weight excluding hydrogens is 230 g/mol. The molecule has 0 radical (unpaired) electrons. The molecule has 1 aliphatic rings. The molecule has 0 aliphatic heterocycles. The largest absolute Gasteiger partial charge is 0.313 e. The molecule has 1 N–H and O–H groups in total. The molecule has 1 aromatic rings. The van der Waals surface area contributed by atoms with Crippen molar-refractivity contribution >= 4 is 0 Å². The normalized spacial score (nSPS) is 24.1. The first-order valence-electron chi connectivity index (χ1n) is 7.84. The summed E-state index contributed by atoms with van der Waals surface area (Å²) in [5, 5.41) is 3.59. The van der Waals surface area contributed by atoms with Gasteiger partial charge in [0, 0.05) is 6.04 Å². The van der Waals surface area contributed by atoms with Gasteiger partial charge in [-0.3, -0.25) is 0 Å². The summed E-state index contributed by atoms with van der Waals surface area (Å²) in [6.45, 7) is 7.13. The first-order valence-corrected chi connectivity index (χ1v) is 7.84. The van der Waals surface area contributed by atoms with Crippen molar-refractivity contribution in [1.29, 1.82) is 0 Å². The lowest BCUT2D eigenvalue weighted by molar-refractivity contribution is 0.101. The Morgan fingerprint density at radius 3 is 2.74 bits per heavy atom. The minimum absolute atomic E-state index is 0.453. The highest BCUT2D eigenvalue weighted by Crippen LogP contribution is 2.46.